The monoisotopic (exact) mass is 189 g/mol. The summed E-state index contributed by atoms with van der Waals surface area (Å²) in [7, 11) is 1.49. The van der Waals surface area contributed by atoms with Gasteiger partial charge in [0.05, 0.1) is 9.16 Å². The fraction of sp³-hybridized carbons (Fsp3) is 0.250. The van der Waals surface area contributed by atoms with Crippen molar-refractivity contribution in [1.29, 1.82) is 0 Å². The molecule has 1 heterocycles. The van der Waals surface area contributed by atoms with Crippen molar-refractivity contribution in [2.45, 2.75) is 6.42 Å². The van der Waals surface area contributed by atoms with E-state index in [1.54, 1.807) is 0 Å². The molecule has 0 unspecified atom stereocenters. The summed E-state index contributed by atoms with van der Waals surface area (Å²) < 4.78 is 15.5. The van der Waals surface area contributed by atoms with Crippen molar-refractivity contribution in [2.75, 3.05) is 13.5 Å². The van der Waals surface area contributed by atoms with Crippen LogP contribution in [0.25, 0.3) is 5.57 Å². The van der Waals surface area contributed by atoms with Crippen LogP contribution in [0.15, 0.2) is 36.4 Å². The quantitative estimate of drug-likeness (QED) is 0.661. The number of amides is 1. The van der Waals surface area contributed by atoms with E-state index >= 15 is 0 Å². The highest BCUT2D eigenvalue weighted by Crippen LogP contribution is 2.21. The molecule has 0 saturated carbocycles. The SMILES string of the molecule is [2H]C1([2H])C=C(c2ccccc2)CC(=O)N1C. The molecule has 1 aliphatic heterocycles. The third-order valence-electron chi connectivity index (χ3n) is 2.29. The zero-order valence-corrected chi connectivity index (χ0v) is 8.03. The fourth-order valence-electron chi connectivity index (χ4n) is 1.42. The lowest BCUT2D eigenvalue weighted by atomic mass is 9.99. The molecule has 0 atom stereocenters. The third kappa shape index (κ3) is 1.69. The van der Waals surface area contributed by atoms with Gasteiger partial charge >= 0.3 is 0 Å². The second-order valence-corrected chi connectivity index (χ2v) is 3.29. The van der Waals surface area contributed by atoms with Gasteiger partial charge in [-0.15, -0.1) is 0 Å². The van der Waals surface area contributed by atoms with E-state index in [0.29, 0.717) is 0 Å². The summed E-state index contributed by atoms with van der Waals surface area (Å²) in [6.45, 7) is -1.69. The summed E-state index contributed by atoms with van der Waals surface area (Å²) in [6, 6.07) is 9.44. The van der Waals surface area contributed by atoms with Gasteiger partial charge in [0, 0.05) is 13.5 Å². The second kappa shape index (κ2) is 3.66. The minimum atomic E-state index is -1.69. The number of hydrogen-bond acceptors (Lipinski definition) is 1. The number of likely N-dealkylation sites (N-methyl/N-ethyl adjacent to an activating group) is 1. The molecule has 2 nitrogen and oxygen atoms in total. The highest BCUT2D eigenvalue weighted by Gasteiger charge is 2.16. The number of benzene rings is 1. The first kappa shape index (κ1) is 6.82. The first-order valence-electron chi connectivity index (χ1n) is 5.54. The summed E-state index contributed by atoms with van der Waals surface area (Å²) in [5.74, 6) is -0.189. The summed E-state index contributed by atoms with van der Waals surface area (Å²) in [5.41, 5.74) is 1.67. The topological polar surface area (TPSA) is 20.3 Å². The Kier molecular flexibility index (Phi) is 1.78. The van der Waals surface area contributed by atoms with E-state index in [-0.39, 0.29) is 12.3 Å². The average molecular weight is 189 g/mol. The Morgan fingerprint density at radius 1 is 1.36 bits per heavy atom. The van der Waals surface area contributed by atoms with Gasteiger partial charge in [-0.1, -0.05) is 36.4 Å². The zero-order chi connectivity index (χ0) is 11.8. The number of rotatable bonds is 1. The maximum absolute atomic E-state index is 11.6. The molecule has 2 rings (SSSR count). The molecule has 0 aliphatic carbocycles. The van der Waals surface area contributed by atoms with Crippen LogP contribution in [0.3, 0.4) is 0 Å². The first-order valence-corrected chi connectivity index (χ1v) is 4.54. The zero-order valence-electron chi connectivity index (χ0n) is 10.0. The smallest absolute Gasteiger partial charge is 0.227 e. The molecule has 0 spiro atoms. The lowest BCUT2D eigenvalue weighted by Gasteiger charge is -2.22. The van der Waals surface area contributed by atoms with Gasteiger partial charge < -0.3 is 4.90 Å². The van der Waals surface area contributed by atoms with Gasteiger partial charge in [0.2, 0.25) is 5.91 Å². The number of hydrogen-bond donors (Lipinski definition) is 0. The largest absolute Gasteiger partial charge is 0.342 e. The summed E-state index contributed by atoms with van der Waals surface area (Å²) >= 11 is 0. The number of carbonyl (C=O) groups is 1. The van der Waals surface area contributed by atoms with Crippen molar-refractivity contribution >= 4 is 11.5 Å². The maximum atomic E-state index is 11.6. The molecule has 0 aromatic heterocycles. The average Bonchev–Trinajstić information content (AvgIpc) is 2.26. The van der Waals surface area contributed by atoms with Crippen molar-refractivity contribution in [3.05, 3.63) is 42.0 Å². The summed E-state index contributed by atoms with van der Waals surface area (Å²) in [6.07, 6.45) is 1.78. The third-order valence-corrected chi connectivity index (χ3v) is 2.29. The lowest BCUT2D eigenvalue weighted by molar-refractivity contribution is -0.128. The molecule has 2 heteroatoms. The van der Waals surface area contributed by atoms with Gasteiger partial charge in [-0.3, -0.25) is 4.79 Å². The Balaban J connectivity index is 2.41. The van der Waals surface area contributed by atoms with E-state index in [2.05, 4.69) is 0 Å². The minimum Gasteiger partial charge on any atom is -0.342 e. The molecular weight excluding hydrogens is 174 g/mol. The van der Waals surface area contributed by atoms with Gasteiger partial charge in [0.15, 0.2) is 0 Å². The van der Waals surface area contributed by atoms with Gasteiger partial charge in [-0.2, -0.15) is 0 Å². The van der Waals surface area contributed by atoms with Crippen LogP contribution in [-0.2, 0) is 4.79 Å². The van der Waals surface area contributed by atoms with Crippen LogP contribution >= 0.6 is 0 Å². The van der Waals surface area contributed by atoms with E-state index in [9.17, 15) is 4.79 Å². The van der Waals surface area contributed by atoms with E-state index in [4.69, 9.17) is 2.74 Å². The normalized spacial score (nSPS) is 22.5. The molecule has 1 aliphatic rings. The van der Waals surface area contributed by atoms with Crippen molar-refractivity contribution < 1.29 is 7.54 Å². The van der Waals surface area contributed by atoms with Gasteiger partial charge in [0.1, 0.15) is 0 Å². The van der Waals surface area contributed by atoms with Crippen LogP contribution in [0.5, 0.6) is 0 Å². The van der Waals surface area contributed by atoms with E-state index in [1.807, 2.05) is 30.3 Å². The Bertz CT molecular complexity index is 440. The summed E-state index contributed by atoms with van der Waals surface area (Å²) in [5, 5.41) is 0. The number of nitrogens with zero attached hydrogens (tertiary/aromatic N) is 1. The predicted octanol–water partition coefficient (Wildman–Crippen LogP) is 1.93. The molecule has 0 N–H and O–H groups in total. The highest BCUT2D eigenvalue weighted by molar-refractivity contribution is 5.90. The molecule has 1 aromatic carbocycles. The molecule has 0 saturated heterocycles. The van der Waals surface area contributed by atoms with Gasteiger partial charge in [-0.25, -0.2) is 0 Å². The molecule has 0 bridgehead atoms. The molecular formula is C12H13NO. The van der Waals surface area contributed by atoms with Gasteiger partial charge in [0.25, 0.3) is 0 Å². The molecule has 0 fully saturated rings. The molecule has 0 radical (unpaired) electrons. The van der Waals surface area contributed by atoms with E-state index in [1.165, 1.54) is 13.1 Å². The standard InChI is InChI=1S/C12H13NO/c1-13-8-7-11(9-12(13)14)10-5-3-2-4-6-10/h2-7H,8-9H2,1H3/i8D2. The van der Waals surface area contributed by atoms with Crippen molar-refractivity contribution in [1.82, 2.24) is 4.90 Å². The Labute approximate surface area is 86.7 Å². The van der Waals surface area contributed by atoms with E-state index in [0.717, 1.165) is 16.0 Å². The minimum absolute atomic E-state index is 0.189. The van der Waals surface area contributed by atoms with Crippen LogP contribution in [0.1, 0.15) is 14.7 Å². The fourth-order valence-corrected chi connectivity index (χ4v) is 1.42. The highest BCUT2D eigenvalue weighted by atomic mass is 16.2. The van der Waals surface area contributed by atoms with Crippen LogP contribution in [0, 0.1) is 0 Å². The Hall–Kier alpha value is -1.57. The number of carbonyl (C=O) groups excluding carboxylic acids is 1. The Morgan fingerprint density at radius 3 is 2.71 bits per heavy atom. The maximum Gasteiger partial charge on any atom is 0.227 e. The van der Waals surface area contributed by atoms with Crippen LogP contribution < -0.4 is 0 Å². The second-order valence-electron chi connectivity index (χ2n) is 3.29. The Morgan fingerprint density at radius 2 is 2.07 bits per heavy atom. The van der Waals surface area contributed by atoms with Crippen molar-refractivity contribution in [3.8, 4) is 0 Å². The molecule has 1 amide bonds. The predicted molar refractivity (Wildman–Crippen MR) is 56.7 cm³/mol. The van der Waals surface area contributed by atoms with Crippen LogP contribution in [0.2, 0.25) is 0 Å². The van der Waals surface area contributed by atoms with Crippen molar-refractivity contribution in [2.24, 2.45) is 0 Å². The molecule has 14 heavy (non-hydrogen) atoms. The molecule has 72 valence electrons. The first-order chi connectivity index (χ1) is 7.50. The van der Waals surface area contributed by atoms with Crippen LogP contribution in [0.4, 0.5) is 0 Å². The molecule has 1 aromatic rings. The summed E-state index contributed by atoms with van der Waals surface area (Å²) in [4.78, 5) is 12.8. The van der Waals surface area contributed by atoms with E-state index < -0.39 is 6.50 Å². The van der Waals surface area contributed by atoms with Crippen LogP contribution in [-0.4, -0.2) is 24.4 Å². The van der Waals surface area contributed by atoms with Crippen molar-refractivity contribution in [3.63, 3.8) is 0 Å². The van der Waals surface area contributed by atoms with Gasteiger partial charge in [-0.05, 0) is 11.1 Å². The lowest BCUT2D eigenvalue weighted by Crippen LogP contribution is -2.30.